The molecule has 0 spiro atoms. The van der Waals surface area contributed by atoms with Crippen molar-refractivity contribution >= 4 is 23.8 Å². The third kappa shape index (κ3) is 5.61. The minimum Gasteiger partial charge on any atom is -0.444 e. The number of piperazine rings is 1. The number of nitrogens with two attached hydrogens (primary N) is 1. The summed E-state index contributed by atoms with van der Waals surface area (Å²) in [6, 6.07) is 3.93. The van der Waals surface area contributed by atoms with Crippen LogP contribution in [0.1, 0.15) is 45.6 Å². The Morgan fingerprint density at radius 2 is 2.03 bits per heavy atom. The van der Waals surface area contributed by atoms with Crippen molar-refractivity contribution in [2.45, 2.75) is 76.3 Å². The number of primary amides is 1. The predicted octanol–water partition coefficient (Wildman–Crippen LogP) is 0.980. The summed E-state index contributed by atoms with van der Waals surface area (Å²) < 4.78 is 19.0. The zero-order valence-electron chi connectivity index (χ0n) is 20.9. The number of rotatable bonds is 7. The molecule has 3 aliphatic heterocycles. The minimum atomic E-state index is -1.01. The number of hydrogen-bond donors (Lipinski definition) is 2. The van der Waals surface area contributed by atoms with E-state index in [2.05, 4.69) is 5.32 Å². The summed E-state index contributed by atoms with van der Waals surface area (Å²) in [5.41, 5.74) is 5.45. The second-order valence-corrected chi connectivity index (χ2v) is 10.7. The molecule has 11 heteroatoms. The molecule has 36 heavy (non-hydrogen) atoms. The zero-order chi connectivity index (χ0) is 26.2. The van der Waals surface area contributed by atoms with Crippen molar-refractivity contribution in [2.75, 3.05) is 19.6 Å². The molecular weight excluding hydrogens is 469 g/mol. The number of hydrogen-bond acceptors (Lipinski definition) is 6. The number of benzene rings is 1. The standard InChI is InChI=1S/C25H34FN5O5/c1-25(2,3)36-24(35)28-18(22(33)30-9-5-8-19(30)21(27)32)14-29-13-17-11-20(29)23(34)31(17)12-15-6-4-7-16(26)10-15/h4,6-7,10,17-20H,5,8-9,11-14H2,1-3H3,(H2,27,32)(H,28,35)/t17-,18-,19-,20-/m0/s1. The van der Waals surface area contributed by atoms with Crippen molar-refractivity contribution in [3.8, 4) is 0 Å². The average molecular weight is 504 g/mol. The highest BCUT2D eigenvalue weighted by atomic mass is 19.1. The Morgan fingerprint density at radius 1 is 1.28 bits per heavy atom. The Kier molecular flexibility index (Phi) is 7.21. The number of carbonyl (C=O) groups excluding carboxylic acids is 4. The normalized spacial score (nSPS) is 24.8. The summed E-state index contributed by atoms with van der Waals surface area (Å²) in [6.07, 6.45) is 0.955. The Balaban J connectivity index is 1.46. The molecular formula is C25H34FN5O5. The molecule has 4 rings (SSSR count). The molecule has 10 nitrogen and oxygen atoms in total. The Morgan fingerprint density at radius 3 is 2.67 bits per heavy atom. The first kappa shape index (κ1) is 25.9. The lowest BCUT2D eigenvalue weighted by atomic mass is 10.1. The van der Waals surface area contributed by atoms with Crippen molar-refractivity contribution < 1.29 is 28.3 Å². The molecule has 0 radical (unpaired) electrons. The lowest BCUT2D eigenvalue weighted by Crippen LogP contribution is -2.59. The van der Waals surface area contributed by atoms with Gasteiger partial charge in [-0.2, -0.15) is 0 Å². The average Bonchev–Trinajstić information content (AvgIpc) is 3.48. The summed E-state index contributed by atoms with van der Waals surface area (Å²) in [5, 5.41) is 2.66. The molecule has 4 atom stereocenters. The van der Waals surface area contributed by atoms with E-state index < -0.39 is 41.6 Å². The van der Waals surface area contributed by atoms with Crippen molar-refractivity contribution in [3.63, 3.8) is 0 Å². The molecule has 3 N–H and O–H groups in total. The summed E-state index contributed by atoms with van der Waals surface area (Å²) in [4.78, 5) is 56.1. The third-order valence-electron chi connectivity index (χ3n) is 6.90. The number of amides is 4. The van der Waals surface area contributed by atoms with Gasteiger partial charge in [0.1, 0.15) is 23.5 Å². The third-order valence-corrected chi connectivity index (χ3v) is 6.90. The first-order valence-electron chi connectivity index (χ1n) is 12.3. The van der Waals surface area contributed by atoms with Crippen LogP contribution in [0.2, 0.25) is 0 Å². The second kappa shape index (κ2) is 10.0. The topological polar surface area (TPSA) is 125 Å². The van der Waals surface area contributed by atoms with E-state index in [1.807, 2.05) is 4.90 Å². The van der Waals surface area contributed by atoms with Gasteiger partial charge in [-0.15, -0.1) is 0 Å². The zero-order valence-corrected chi connectivity index (χ0v) is 20.9. The number of ether oxygens (including phenoxy) is 1. The van der Waals surface area contributed by atoms with Crippen molar-refractivity contribution in [3.05, 3.63) is 35.6 Å². The molecule has 0 unspecified atom stereocenters. The molecule has 3 aliphatic rings. The van der Waals surface area contributed by atoms with Crippen LogP contribution in [0.3, 0.4) is 0 Å². The molecule has 0 aliphatic carbocycles. The first-order chi connectivity index (χ1) is 16.9. The highest BCUT2D eigenvalue weighted by molar-refractivity contribution is 5.92. The fourth-order valence-corrected chi connectivity index (χ4v) is 5.37. The molecule has 0 aromatic heterocycles. The highest BCUT2D eigenvalue weighted by Crippen LogP contribution is 2.33. The lowest BCUT2D eigenvalue weighted by Gasteiger charge is -2.36. The fraction of sp³-hybridized carbons (Fsp3) is 0.600. The molecule has 196 valence electrons. The van der Waals surface area contributed by atoms with Crippen LogP contribution in [0.15, 0.2) is 24.3 Å². The van der Waals surface area contributed by atoms with E-state index >= 15 is 0 Å². The van der Waals surface area contributed by atoms with Gasteiger partial charge in [-0.05, 0) is 57.7 Å². The second-order valence-electron chi connectivity index (χ2n) is 10.7. The van der Waals surface area contributed by atoms with Crippen molar-refractivity contribution in [2.24, 2.45) is 5.73 Å². The summed E-state index contributed by atoms with van der Waals surface area (Å²) in [6.45, 7) is 6.46. The van der Waals surface area contributed by atoms with Gasteiger partial charge in [0.25, 0.3) is 0 Å². The van der Waals surface area contributed by atoms with Crippen LogP contribution in [-0.2, 0) is 25.7 Å². The van der Waals surface area contributed by atoms with Gasteiger partial charge in [0.2, 0.25) is 17.7 Å². The van der Waals surface area contributed by atoms with Crippen LogP contribution >= 0.6 is 0 Å². The minimum absolute atomic E-state index is 0.0757. The van der Waals surface area contributed by atoms with Crippen LogP contribution < -0.4 is 11.1 Å². The maximum Gasteiger partial charge on any atom is 0.408 e. The molecule has 1 aromatic rings. The molecule has 2 bridgehead atoms. The van der Waals surface area contributed by atoms with Crippen LogP contribution in [0.4, 0.5) is 9.18 Å². The highest BCUT2D eigenvalue weighted by Gasteiger charge is 2.50. The molecule has 3 fully saturated rings. The number of halogens is 1. The van der Waals surface area contributed by atoms with E-state index in [1.165, 1.54) is 17.0 Å². The number of nitrogens with one attached hydrogen (secondary N) is 1. The maximum absolute atomic E-state index is 13.6. The number of likely N-dealkylation sites (tertiary alicyclic amines) is 3. The Bertz CT molecular complexity index is 1040. The van der Waals surface area contributed by atoms with Gasteiger partial charge in [-0.25, -0.2) is 9.18 Å². The van der Waals surface area contributed by atoms with E-state index in [0.717, 1.165) is 0 Å². The lowest BCUT2D eigenvalue weighted by molar-refractivity contribution is -0.141. The van der Waals surface area contributed by atoms with Gasteiger partial charge < -0.3 is 25.6 Å². The number of nitrogens with zero attached hydrogens (tertiary/aromatic N) is 3. The van der Waals surface area contributed by atoms with E-state index in [9.17, 15) is 23.6 Å². The molecule has 4 amide bonds. The van der Waals surface area contributed by atoms with Gasteiger partial charge in [0.15, 0.2) is 0 Å². The van der Waals surface area contributed by atoms with Gasteiger partial charge in [-0.3, -0.25) is 19.3 Å². The van der Waals surface area contributed by atoms with Crippen LogP contribution in [-0.4, -0.2) is 87.9 Å². The molecule has 1 aromatic carbocycles. The van der Waals surface area contributed by atoms with Crippen molar-refractivity contribution in [1.29, 1.82) is 0 Å². The first-order valence-corrected chi connectivity index (χ1v) is 12.3. The SMILES string of the molecule is CC(C)(C)OC(=O)N[C@@H](CN1C[C@@H]2C[C@H]1C(=O)N2Cc1cccc(F)c1)C(=O)N1CCC[C@H]1C(N)=O. The largest absolute Gasteiger partial charge is 0.444 e. The summed E-state index contributed by atoms with van der Waals surface area (Å²) >= 11 is 0. The van der Waals surface area contributed by atoms with Gasteiger partial charge in [-0.1, -0.05) is 12.1 Å². The van der Waals surface area contributed by atoms with E-state index in [1.54, 1.807) is 37.8 Å². The van der Waals surface area contributed by atoms with E-state index in [-0.39, 0.29) is 24.3 Å². The van der Waals surface area contributed by atoms with E-state index in [0.29, 0.717) is 44.5 Å². The number of fused-ring (bicyclic) bond motifs is 2. The monoisotopic (exact) mass is 503 g/mol. The van der Waals surface area contributed by atoms with Crippen LogP contribution in [0, 0.1) is 5.82 Å². The van der Waals surface area contributed by atoms with Crippen LogP contribution in [0.5, 0.6) is 0 Å². The number of alkyl carbamates (subject to hydrolysis) is 1. The summed E-state index contributed by atoms with van der Waals surface area (Å²) in [7, 11) is 0. The maximum atomic E-state index is 13.6. The number of carbonyl (C=O) groups is 4. The Labute approximate surface area is 209 Å². The van der Waals surface area contributed by atoms with Gasteiger partial charge in [0.05, 0.1) is 6.04 Å². The van der Waals surface area contributed by atoms with Gasteiger partial charge >= 0.3 is 6.09 Å². The molecule has 0 saturated carbocycles. The smallest absolute Gasteiger partial charge is 0.408 e. The molecule has 3 heterocycles. The fourth-order valence-electron chi connectivity index (χ4n) is 5.37. The Hall–Kier alpha value is -3.21. The van der Waals surface area contributed by atoms with Crippen LogP contribution in [0.25, 0.3) is 0 Å². The summed E-state index contributed by atoms with van der Waals surface area (Å²) in [5.74, 6) is -1.44. The quantitative estimate of drug-likeness (QED) is 0.572. The van der Waals surface area contributed by atoms with Gasteiger partial charge in [0, 0.05) is 32.2 Å². The predicted molar refractivity (Wildman–Crippen MR) is 128 cm³/mol. The van der Waals surface area contributed by atoms with E-state index in [4.69, 9.17) is 10.5 Å². The molecule has 3 saturated heterocycles. The van der Waals surface area contributed by atoms with Crippen molar-refractivity contribution in [1.82, 2.24) is 20.0 Å².